The summed E-state index contributed by atoms with van der Waals surface area (Å²) in [5.74, 6) is -0.685. The van der Waals surface area contributed by atoms with Gasteiger partial charge in [0.25, 0.3) is 15.9 Å². The number of ether oxygens (including phenoxy) is 3. The molecule has 0 saturated heterocycles. The van der Waals surface area contributed by atoms with Crippen molar-refractivity contribution in [3.63, 3.8) is 0 Å². The molecule has 3 N–H and O–H groups in total. The lowest BCUT2D eigenvalue weighted by molar-refractivity contribution is 0.0997. The van der Waals surface area contributed by atoms with Gasteiger partial charge in [-0.3, -0.25) is 9.52 Å². The molecule has 0 unspecified atom stereocenters. The molecule has 1 aromatic heterocycles. The first-order chi connectivity index (χ1) is 11.8. The van der Waals surface area contributed by atoms with Gasteiger partial charge in [0, 0.05) is 0 Å². The Balaban J connectivity index is 2.43. The normalized spacial score (nSPS) is 10.8. The number of carbonyl (C=O) groups is 1. The molecule has 0 saturated carbocycles. The van der Waals surface area contributed by atoms with Gasteiger partial charge in [-0.1, -0.05) is 0 Å². The van der Waals surface area contributed by atoms with Crippen LogP contribution in [0.4, 0.5) is 5.69 Å². The van der Waals surface area contributed by atoms with Crippen LogP contribution in [0, 0.1) is 0 Å². The highest BCUT2D eigenvalue weighted by molar-refractivity contribution is 7.92. The van der Waals surface area contributed by atoms with Crippen molar-refractivity contribution >= 4 is 21.6 Å². The molecular weight excluding hydrogens is 352 g/mol. The summed E-state index contributed by atoms with van der Waals surface area (Å²) >= 11 is 0. The second kappa shape index (κ2) is 7.21. The van der Waals surface area contributed by atoms with Crippen LogP contribution in [0.3, 0.4) is 0 Å². The Bertz CT molecular complexity index is 900. The highest BCUT2D eigenvalue weighted by Crippen LogP contribution is 2.27. The number of amides is 1. The van der Waals surface area contributed by atoms with E-state index in [1.165, 1.54) is 39.7 Å². The number of nitrogens with two attached hydrogens (primary N) is 1. The van der Waals surface area contributed by atoms with E-state index in [9.17, 15) is 13.2 Å². The largest absolute Gasteiger partial charge is 0.496 e. The van der Waals surface area contributed by atoms with Gasteiger partial charge in [-0.05, 0) is 18.2 Å². The van der Waals surface area contributed by atoms with Crippen molar-refractivity contribution in [2.45, 2.75) is 4.90 Å². The Kier molecular flexibility index (Phi) is 5.27. The zero-order chi connectivity index (χ0) is 18.6. The summed E-state index contributed by atoms with van der Waals surface area (Å²) in [5, 5.41) is 0. The third kappa shape index (κ3) is 3.88. The van der Waals surface area contributed by atoms with Crippen LogP contribution in [-0.2, 0) is 10.0 Å². The van der Waals surface area contributed by atoms with Crippen molar-refractivity contribution in [2.24, 2.45) is 5.73 Å². The summed E-state index contributed by atoms with van der Waals surface area (Å²) in [7, 11) is -0.0396. The molecule has 0 radical (unpaired) electrons. The van der Waals surface area contributed by atoms with Crippen molar-refractivity contribution < 1.29 is 27.4 Å². The van der Waals surface area contributed by atoms with E-state index < -0.39 is 15.9 Å². The number of hydrogen-bond acceptors (Lipinski definition) is 8. The first-order valence-electron chi connectivity index (χ1n) is 6.78. The monoisotopic (exact) mass is 368 g/mol. The SMILES string of the molecule is COc1ncc(NS(=O)(=O)c2ccc(OC)c(C(N)=O)c2)c(OC)n1. The maximum Gasteiger partial charge on any atom is 0.319 e. The zero-order valence-corrected chi connectivity index (χ0v) is 14.5. The minimum absolute atomic E-state index is 0.000238. The smallest absolute Gasteiger partial charge is 0.319 e. The lowest BCUT2D eigenvalue weighted by atomic mass is 10.2. The topological polar surface area (TPSA) is 143 Å². The molecule has 1 amide bonds. The second-order valence-corrected chi connectivity index (χ2v) is 6.29. The molecule has 25 heavy (non-hydrogen) atoms. The highest BCUT2D eigenvalue weighted by atomic mass is 32.2. The molecule has 2 rings (SSSR count). The molecule has 1 heterocycles. The Morgan fingerprint density at radius 3 is 2.44 bits per heavy atom. The zero-order valence-electron chi connectivity index (χ0n) is 13.6. The van der Waals surface area contributed by atoms with Gasteiger partial charge in [0.05, 0.1) is 38.0 Å². The molecule has 0 fully saturated rings. The lowest BCUT2D eigenvalue weighted by Crippen LogP contribution is -2.17. The number of nitrogens with zero attached hydrogens (tertiary/aromatic N) is 2. The van der Waals surface area contributed by atoms with Gasteiger partial charge in [-0.25, -0.2) is 13.4 Å². The molecular formula is C14H16N4O6S. The average Bonchev–Trinajstić information content (AvgIpc) is 2.61. The summed E-state index contributed by atoms with van der Waals surface area (Å²) in [6, 6.07) is 3.72. The molecule has 2 aromatic rings. The fourth-order valence-corrected chi connectivity index (χ4v) is 2.99. The number of hydrogen-bond donors (Lipinski definition) is 2. The lowest BCUT2D eigenvalue weighted by Gasteiger charge is -2.12. The molecule has 1 aromatic carbocycles. The van der Waals surface area contributed by atoms with Crippen LogP contribution in [0.5, 0.6) is 17.6 Å². The van der Waals surface area contributed by atoms with Gasteiger partial charge < -0.3 is 19.9 Å². The van der Waals surface area contributed by atoms with E-state index in [0.717, 1.165) is 6.07 Å². The number of primary amides is 1. The number of rotatable bonds is 7. The molecule has 0 spiro atoms. The fourth-order valence-electron chi connectivity index (χ4n) is 1.93. The van der Waals surface area contributed by atoms with Gasteiger partial charge in [-0.2, -0.15) is 4.98 Å². The van der Waals surface area contributed by atoms with Crippen LogP contribution in [-0.4, -0.2) is 45.6 Å². The Labute approximate surface area is 144 Å². The van der Waals surface area contributed by atoms with Crippen molar-refractivity contribution in [1.82, 2.24) is 9.97 Å². The summed E-state index contributed by atoms with van der Waals surface area (Å²) in [6.45, 7) is 0. The predicted molar refractivity (Wildman–Crippen MR) is 87.5 cm³/mol. The molecule has 0 aliphatic rings. The van der Waals surface area contributed by atoms with Gasteiger partial charge in [0.1, 0.15) is 11.4 Å². The number of carbonyl (C=O) groups excluding carboxylic acids is 1. The molecule has 134 valence electrons. The van der Waals surface area contributed by atoms with Crippen LogP contribution in [0.15, 0.2) is 29.3 Å². The van der Waals surface area contributed by atoms with E-state index in [4.69, 9.17) is 19.9 Å². The van der Waals surface area contributed by atoms with E-state index in [0.29, 0.717) is 0 Å². The number of sulfonamides is 1. The van der Waals surface area contributed by atoms with Gasteiger partial charge >= 0.3 is 6.01 Å². The van der Waals surface area contributed by atoms with E-state index in [2.05, 4.69) is 14.7 Å². The van der Waals surface area contributed by atoms with E-state index in [1.807, 2.05) is 0 Å². The van der Waals surface area contributed by atoms with Crippen molar-refractivity contribution in [1.29, 1.82) is 0 Å². The third-order valence-corrected chi connectivity index (χ3v) is 4.46. The van der Waals surface area contributed by atoms with Crippen molar-refractivity contribution in [3.05, 3.63) is 30.0 Å². The fraction of sp³-hybridized carbons (Fsp3) is 0.214. The standard InChI is InChI=1S/C14H16N4O6S/c1-22-11-5-4-8(6-9(11)12(15)19)25(20,21)18-10-7-16-14(24-3)17-13(10)23-2/h4-7,18H,1-3H3,(H2,15,19). The Hall–Kier alpha value is -3.08. The highest BCUT2D eigenvalue weighted by Gasteiger charge is 2.21. The molecule has 0 aliphatic carbocycles. The third-order valence-electron chi connectivity index (χ3n) is 3.10. The van der Waals surface area contributed by atoms with Gasteiger partial charge in [0.2, 0.25) is 5.88 Å². The molecule has 0 atom stereocenters. The first-order valence-corrected chi connectivity index (χ1v) is 8.26. The van der Waals surface area contributed by atoms with Crippen molar-refractivity contribution in [2.75, 3.05) is 26.1 Å². The van der Waals surface area contributed by atoms with E-state index >= 15 is 0 Å². The van der Waals surface area contributed by atoms with Gasteiger partial charge in [-0.15, -0.1) is 0 Å². The minimum atomic E-state index is -4.06. The summed E-state index contributed by atoms with van der Waals surface area (Å²) < 4.78 is 42.2. The maximum absolute atomic E-state index is 12.6. The Morgan fingerprint density at radius 1 is 1.16 bits per heavy atom. The quantitative estimate of drug-likeness (QED) is 0.715. The first kappa shape index (κ1) is 18.3. The predicted octanol–water partition coefficient (Wildman–Crippen LogP) is 0.402. The summed E-state index contributed by atoms with van der Waals surface area (Å²) in [4.78, 5) is 19.0. The number of nitrogens with one attached hydrogen (secondary N) is 1. The van der Waals surface area contributed by atoms with E-state index in [1.54, 1.807) is 0 Å². The maximum atomic E-state index is 12.6. The van der Waals surface area contributed by atoms with Crippen LogP contribution in [0.25, 0.3) is 0 Å². The molecule has 10 nitrogen and oxygen atoms in total. The number of benzene rings is 1. The van der Waals surface area contributed by atoms with Gasteiger partial charge in [0.15, 0.2) is 0 Å². The Morgan fingerprint density at radius 2 is 1.88 bits per heavy atom. The molecule has 0 aliphatic heterocycles. The summed E-state index contributed by atoms with van der Waals surface area (Å²) in [6.07, 6.45) is 1.20. The van der Waals surface area contributed by atoms with E-state index in [-0.39, 0.29) is 33.8 Å². The van der Waals surface area contributed by atoms with Crippen molar-refractivity contribution in [3.8, 4) is 17.6 Å². The number of anilines is 1. The minimum Gasteiger partial charge on any atom is -0.496 e. The number of aromatic nitrogens is 2. The average molecular weight is 368 g/mol. The van der Waals surface area contributed by atoms with Crippen LogP contribution >= 0.6 is 0 Å². The molecule has 0 bridgehead atoms. The summed E-state index contributed by atoms with van der Waals surface area (Å²) in [5.41, 5.74) is 5.18. The van der Waals surface area contributed by atoms with Crippen LogP contribution < -0.4 is 24.7 Å². The number of methoxy groups -OCH3 is 3. The van der Waals surface area contributed by atoms with Crippen LogP contribution in [0.1, 0.15) is 10.4 Å². The van der Waals surface area contributed by atoms with Crippen LogP contribution in [0.2, 0.25) is 0 Å². The second-order valence-electron chi connectivity index (χ2n) is 4.61. The molecule has 11 heteroatoms.